The van der Waals surface area contributed by atoms with E-state index in [-0.39, 0.29) is 0 Å². The van der Waals surface area contributed by atoms with Crippen molar-refractivity contribution < 1.29 is 0 Å². The number of pyridine rings is 2. The van der Waals surface area contributed by atoms with Crippen LogP contribution in [0.2, 0.25) is 0 Å². The highest BCUT2D eigenvalue weighted by Gasteiger charge is 2.16. The molecule has 5 aromatic carbocycles. The lowest BCUT2D eigenvalue weighted by Crippen LogP contribution is -2.01. The number of fused-ring (bicyclic) bond motifs is 2. The second-order valence-electron chi connectivity index (χ2n) is 11.6. The van der Waals surface area contributed by atoms with Crippen LogP contribution in [0.4, 0.5) is 0 Å². The maximum Gasteiger partial charge on any atom is 0.164 e. The van der Waals surface area contributed by atoms with Gasteiger partial charge in [0.2, 0.25) is 0 Å². The summed E-state index contributed by atoms with van der Waals surface area (Å²) in [5.74, 6) is 1.83. The Morgan fingerprint density at radius 3 is 1.17 bits per heavy atom. The van der Waals surface area contributed by atoms with Gasteiger partial charge in [0.1, 0.15) is 0 Å². The first-order valence-corrected chi connectivity index (χ1v) is 15.3. The standard InChI is InChI=1S/C41H29N5/c1-26-9-7-15-37(42-26)34-23-35(38-16-8-10-27(2)43-38)25-36(24-34)41-45-39(32-19-17-28-11-3-5-13-30(28)21-32)44-40(46-41)33-20-18-29-12-4-6-14-31(29)22-33/h3-25H,1-2H3. The summed E-state index contributed by atoms with van der Waals surface area (Å²) in [6, 6.07) is 47.9. The molecule has 0 radical (unpaired) electrons. The van der Waals surface area contributed by atoms with E-state index < -0.39 is 0 Å². The van der Waals surface area contributed by atoms with E-state index >= 15 is 0 Å². The van der Waals surface area contributed by atoms with E-state index in [0.29, 0.717) is 17.5 Å². The van der Waals surface area contributed by atoms with Gasteiger partial charge in [0.15, 0.2) is 17.5 Å². The van der Waals surface area contributed by atoms with E-state index in [0.717, 1.165) is 61.4 Å². The Morgan fingerprint density at radius 1 is 0.304 bits per heavy atom. The maximum atomic E-state index is 5.11. The summed E-state index contributed by atoms with van der Waals surface area (Å²) in [4.78, 5) is 25.0. The fraction of sp³-hybridized carbons (Fsp3) is 0.0488. The van der Waals surface area contributed by atoms with Crippen LogP contribution in [-0.4, -0.2) is 24.9 Å². The third-order valence-electron chi connectivity index (χ3n) is 8.21. The topological polar surface area (TPSA) is 64.5 Å². The highest BCUT2D eigenvalue weighted by atomic mass is 15.0. The zero-order valence-corrected chi connectivity index (χ0v) is 25.5. The van der Waals surface area contributed by atoms with Crippen molar-refractivity contribution in [2.75, 3.05) is 0 Å². The lowest BCUT2D eigenvalue weighted by Gasteiger charge is -2.13. The van der Waals surface area contributed by atoms with Crippen LogP contribution in [0.25, 0.3) is 78.2 Å². The van der Waals surface area contributed by atoms with Crippen molar-refractivity contribution in [1.29, 1.82) is 0 Å². The molecule has 0 spiro atoms. The fourth-order valence-corrected chi connectivity index (χ4v) is 5.88. The number of nitrogens with zero attached hydrogens (tertiary/aromatic N) is 5. The van der Waals surface area contributed by atoms with Crippen molar-refractivity contribution in [2.45, 2.75) is 13.8 Å². The number of rotatable bonds is 5. The van der Waals surface area contributed by atoms with Gasteiger partial charge in [-0.3, -0.25) is 9.97 Å². The Hall–Kier alpha value is -6.07. The van der Waals surface area contributed by atoms with Crippen LogP contribution < -0.4 is 0 Å². The molecule has 0 fully saturated rings. The minimum Gasteiger partial charge on any atom is -0.253 e. The van der Waals surface area contributed by atoms with Gasteiger partial charge in [0.05, 0.1) is 11.4 Å². The van der Waals surface area contributed by atoms with E-state index in [1.807, 2.05) is 50.2 Å². The van der Waals surface area contributed by atoms with Gasteiger partial charge in [0, 0.05) is 39.2 Å². The third-order valence-corrected chi connectivity index (χ3v) is 8.21. The Morgan fingerprint density at radius 2 is 0.717 bits per heavy atom. The molecule has 0 amide bonds. The molecular weight excluding hydrogens is 562 g/mol. The first-order valence-electron chi connectivity index (χ1n) is 15.3. The Kier molecular flexibility index (Phi) is 6.84. The maximum absolute atomic E-state index is 5.11. The van der Waals surface area contributed by atoms with E-state index in [1.54, 1.807) is 0 Å². The molecule has 0 bridgehead atoms. The van der Waals surface area contributed by atoms with Crippen molar-refractivity contribution in [3.63, 3.8) is 0 Å². The molecular formula is C41H29N5. The second-order valence-corrected chi connectivity index (χ2v) is 11.6. The monoisotopic (exact) mass is 591 g/mol. The molecule has 0 N–H and O–H groups in total. The molecule has 5 heteroatoms. The van der Waals surface area contributed by atoms with Crippen LogP contribution in [-0.2, 0) is 0 Å². The van der Waals surface area contributed by atoms with Crippen molar-refractivity contribution in [3.8, 4) is 56.7 Å². The molecule has 3 heterocycles. The van der Waals surface area contributed by atoms with Crippen molar-refractivity contribution in [3.05, 3.63) is 151 Å². The molecule has 46 heavy (non-hydrogen) atoms. The lowest BCUT2D eigenvalue weighted by atomic mass is 9.99. The Balaban J connectivity index is 1.37. The molecule has 3 aromatic heterocycles. The fourth-order valence-electron chi connectivity index (χ4n) is 5.88. The number of aromatic nitrogens is 5. The molecule has 0 atom stereocenters. The molecule has 0 aliphatic carbocycles. The number of aryl methyl sites for hydroxylation is 2. The molecule has 0 unspecified atom stereocenters. The molecule has 0 aliphatic rings. The van der Waals surface area contributed by atoms with Crippen LogP contribution in [0, 0.1) is 13.8 Å². The predicted molar refractivity (Wildman–Crippen MR) is 187 cm³/mol. The first kappa shape index (κ1) is 27.5. The van der Waals surface area contributed by atoms with E-state index in [9.17, 15) is 0 Å². The number of benzene rings is 5. The van der Waals surface area contributed by atoms with E-state index in [4.69, 9.17) is 24.9 Å². The summed E-state index contributed by atoms with van der Waals surface area (Å²) < 4.78 is 0. The Labute approximate surface area is 267 Å². The van der Waals surface area contributed by atoms with E-state index in [2.05, 4.69) is 103 Å². The zero-order valence-electron chi connectivity index (χ0n) is 25.5. The van der Waals surface area contributed by atoms with Gasteiger partial charge in [-0.25, -0.2) is 15.0 Å². The lowest BCUT2D eigenvalue weighted by molar-refractivity contribution is 1.07. The molecule has 0 saturated heterocycles. The molecule has 8 rings (SSSR count). The van der Waals surface area contributed by atoms with Gasteiger partial charge in [-0.2, -0.15) is 0 Å². The summed E-state index contributed by atoms with van der Waals surface area (Å²) in [6.45, 7) is 4.02. The van der Waals surface area contributed by atoms with Gasteiger partial charge >= 0.3 is 0 Å². The minimum absolute atomic E-state index is 0.588. The summed E-state index contributed by atoms with van der Waals surface area (Å²) in [5.41, 5.74) is 8.35. The minimum atomic E-state index is 0.588. The van der Waals surface area contributed by atoms with E-state index in [1.165, 1.54) is 10.8 Å². The van der Waals surface area contributed by atoms with Gasteiger partial charge in [0.25, 0.3) is 0 Å². The predicted octanol–water partition coefficient (Wildman–Crippen LogP) is 9.92. The normalized spacial score (nSPS) is 11.3. The second kappa shape index (κ2) is 11.5. The van der Waals surface area contributed by atoms with Gasteiger partial charge < -0.3 is 0 Å². The van der Waals surface area contributed by atoms with Crippen LogP contribution in [0.3, 0.4) is 0 Å². The van der Waals surface area contributed by atoms with Crippen molar-refractivity contribution in [2.24, 2.45) is 0 Å². The smallest absolute Gasteiger partial charge is 0.164 e. The summed E-state index contributed by atoms with van der Waals surface area (Å²) in [5, 5.41) is 4.61. The molecule has 8 aromatic rings. The van der Waals surface area contributed by atoms with Gasteiger partial charge in [-0.1, -0.05) is 84.9 Å². The molecule has 0 aliphatic heterocycles. The van der Waals surface area contributed by atoms with Crippen LogP contribution >= 0.6 is 0 Å². The van der Waals surface area contributed by atoms with Crippen molar-refractivity contribution in [1.82, 2.24) is 24.9 Å². The third kappa shape index (κ3) is 5.39. The Bertz CT molecular complexity index is 2250. The average Bonchev–Trinajstić information content (AvgIpc) is 3.11. The highest BCUT2D eigenvalue weighted by molar-refractivity contribution is 5.88. The van der Waals surface area contributed by atoms with Crippen LogP contribution in [0.1, 0.15) is 11.4 Å². The van der Waals surface area contributed by atoms with Gasteiger partial charge in [-0.15, -0.1) is 0 Å². The summed E-state index contributed by atoms with van der Waals surface area (Å²) in [6.07, 6.45) is 0. The van der Waals surface area contributed by atoms with Crippen LogP contribution in [0.15, 0.2) is 140 Å². The number of hydrogen-bond donors (Lipinski definition) is 0. The zero-order chi connectivity index (χ0) is 31.0. The molecule has 218 valence electrons. The SMILES string of the molecule is Cc1cccc(-c2cc(-c3cccc(C)n3)cc(-c3nc(-c4ccc5ccccc5c4)nc(-c4ccc5ccccc5c4)n3)c2)n1. The van der Waals surface area contributed by atoms with Gasteiger partial charge in [-0.05, 0) is 90.0 Å². The quantitative estimate of drug-likeness (QED) is 0.199. The van der Waals surface area contributed by atoms with Crippen LogP contribution in [0.5, 0.6) is 0 Å². The molecule has 0 saturated carbocycles. The summed E-state index contributed by atoms with van der Waals surface area (Å²) in [7, 11) is 0. The number of hydrogen-bond acceptors (Lipinski definition) is 5. The van der Waals surface area contributed by atoms with Crippen molar-refractivity contribution >= 4 is 21.5 Å². The average molecular weight is 592 g/mol. The highest BCUT2D eigenvalue weighted by Crippen LogP contribution is 2.33. The first-order chi connectivity index (χ1) is 22.6. The molecule has 5 nitrogen and oxygen atoms in total. The largest absolute Gasteiger partial charge is 0.253 e. The summed E-state index contributed by atoms with van der Waals surface area (Å²) >= 11 is 0.